The maximum Gasteiger partial charge on any atom is 0.263 e. The van der Waals surface area contributed by atoms with E-state index in [2.05, 4.69) is 10.3 Å². The Labute approximate surface area is 112 Å². The van der Waals surface area contributed by atoms with Gasteiger partial charge in [-0.15, -0.1) is 11.3 Å². The van der Waals surface area contributed by atoms with Crippen molar-refractivity contribution < 1.29 is 9.90 Å². The van der Waals surface area contributed by atoms with Gasteiger partial charge in [-0.05, 0) is 12.8 Å². The third-order valence-electron chi connectivity index (χ3n) is 3.14. The van der Waals surface area contributed by atoms with E-state index in [1.54, 1.807) is 6.20 Å². The van der Waals surface area contributed by atoms with Crippen LogP contribution >= 0.6 is 11.3 Å². The van der Waals surface area contributed by atoms with Gasteiger partial charge in [0.15, 0.2) is 0 Å². The van der Waals surface area contributed by atoms with Gasteiger partial charge in [-0.2, -0.15) is 0 Å². The van der Waals surface area contributed by atoms with E-state index in [1.165, 1.54) is 11.3 Å². The smallest absolute Gasteiger partial charge is 0.263 e. The molecular formula is C13H22N2O2S. The highest BCUT2D eigenvalue weighted by molar-refractivity contribution is 7.13. The fourth-order valence-electron chi connectivity index (χ4n) is 1.49. The van der Waals surface area contributed by atoms with Crippen molar-refractivity contribution in [2.45, 2.75) is 52.1 Å². The maximum absolute atomic E-state index is 11.9. The molecule has 1 amide bonds. The van der Waals surface area contributed by atoms with Crippen molar-refractivity contribution in [2.75, 3.05) is 6.54 Å². The second kappa shape index (κ2) is 6.29. The number of aliphatic hydroxyl groups is 1. The number of aromatic nitrogens is 1. The Kier molecular flexibility index (Phi) is 5.28. The third-order valence-corrected chi connectivity index (χ3v) is 4.43. The zero-order chi connectivity index (χ0) is 13.8. The molecule has 18 heavy (non-hydrogen) atoms. The van der Waals surface area contributed by atoms with Crippen LogP contribution in [0.5, 0.6) is 0 Å². The van der Waals surface area contributed by atoms with Crippen LogP contribution in [0, 0.1) is 0 Å². The van der Waals surface area contributed by atoms with E-state index in [1.807, 2.05) is 27.7 Å². The van der Waals surface area contributed by atoms with Crippen LogP contribution < -0.4 is 5.32 Å². The topological polar surface area (TPSA) is 62.2 Å². The van der Waals surface area contributed by atoms with Gasteiger partial charge in [-0.1, -0.05) is 27.7 Å². The molecule has 0 saturated carbocycles. The summed E-state index contributed by atoms with van der Waals surface area (Å²) in [5.41, 5.74) is -0.804. The van der Waals surface area contributed by atoms with Crippen LogP contribution in [0.1, 0.15) is 61.1 Å². The van der Waals surface area contributed by atoms with Gasteiger partial charge < -0.3 is 10.4 Å². The Bertz CT molecular complexity index is 397. The summed E-state index contributed by atoms with van der Waals surface area (Å²) in [6.07, 6.45) is 2.86. The van der Waals surface area contributed by atoms with E-state index in [0.717, 1.165) is 5.01 Å². The number of nitrogens with zero attached hydrogens (tertiary/aromatic N) is 1. The Balaban J connectivity index is 2.60. The van der Waals surface area contributed by atoms with Crippen molar-refractivity contribution in [1.29, 1.82) is 0 Å². The molecule has 0 fully saturated rings. The first-order valence-electron chi connectivity index (χ1n) is 6.38. The van der Waals surface area contributed by atoms with Gasteiger partial charge >= 0.3 is 0 Å². The number of hydrogen-bond donors (Lipinski definition) is 2. The lowest BCUT2D eigenvalue weighted by Gasteiger charge is -2.25. The monoisotopic (exact) mass is 270 g/mol. The molecule has 0 bridgehead atoms. The lowest BCUT2D eigenvalue weighted by Crippen LogP contribution is -2.41. The number of carbonyl (C=O) groups excluding carboxylic acids is 1. The molecule has 0 aromatic carbocycles. The van der Waals surface area contributed by atoms with Crippen LogP contribution in [0.25, 0.3) is 0 Å². The Morgan fingerprint density at radius 1 is 1.50 bits per heavy atom. The maximum atomic E-state index is 11.9. The fraction of sp³-hybridized carbons (Fsp3) is 0.692. The molecule has 1 heterocycles. The summed E-state index contributed by atoms with van der Waals surface area (Å²) < 4.78 is 0. The summed E-state index contributed by atoms with van der Waals surface area (Å²) in [5.74, 6) is 0.180. The van der Waals surface area contributed by atoms with Crippen molar-refractivity contribution in [2.24, 2.45) is 0 Å². The first-order chi connectivity index (χ1) is 8.41. The predicted octanol–water partition coefficient (Wildman–Crippen LogP) is 2.55. The van der Waals surface area contributed by atoms with E-state index in [9.17, 15) is 9.90 Å². The van der Waals surface area contributed by atoms with Crippen LogP contribution in [-0.2, 0) is 0 Å². The molecule has 0 spiro atoms. The van der Waals surface area contributed by atoms with Crippen molar-refractivity contribution >= 4 is 17.2 Å². The first kappa shape index (κ1) is 15.1. The highest BCUT2D eigenvalue weighted by atomic mass is 32.1. The molecular weight excluding hydrogens is 248 g/mol. The summed E-state index contributed by atoms with van der Waals surface area (Å²) in [4.78, 5) is 16.7. The molecule has 2 N–H and O–H groups in total. The van der Waals surface area contributed by atoms with E-state index in [4.69, 9.17) is 0 Å². The molecule has 0 unspecified atom stereocenters. The molecule has 1 rings (SSSR count). The molecule has 1 aromatic rings. The number of nitrogens with one attached hydrogen (secondary N) is 1. The molecule has 1 aromatic heterocycles. The van der Waals surface area contributed by atoms with Crippen LogP contribution in [0.3, 0.4) is 0 Å². The normalized spacial score (nSPS) is 11.9. The zero-order valence-corrected chi connectivity index (χ0v) is 12.3. The minimum absolute atomic E-state index is 0.153. The van der Waals surface area contributed by atoms with Crippen LogP contribution in [0.4, 0.5) is 0 Å². The summed E-state index contributed by atoms with van der Waals surface area (Å²) in [5, 5.41) is 13.8. The summed E-state index contributed by atoms with van der Waals surface area (Å²) in [6, 6.07) is 0. The minimum atomic E-state index is -0.804. The Hall–Kier alpha value is -0.940. The molecule has 102 valence electrons. The van der Waals surface area contributed by atoms with E-state index < -0.39 is 5.60 Å². The quantitative estimate of drug-likeness (QED) is 0.835. The molecule has 0 atom stereocenters. The molecule has 5 heteroatoms. The standard InChI is InChI=1S/C13H22N2O2S/c1-5-13(17,6-2)8-15-11(16)10-7-14-12(18-10)9(3)4/h7,9,17H,5-6,8H2,1-4H3,(H,15,16). The second-order valence-corrected chi connectivity index (χ2v) is 5.89. The van der Waals surface area contributed by atoms with Gasteiger partial charge in [0.25, 0.3) is 5.91 Å². The molecule has 0 aliphatic heterocycles. The lowest BCUT2D eigenvalue weighted by molar-refractivity contribution is 0.0314. The molecule has 0 aliphatic carbocycles. The fourth-order valence-corrected chi connectivity index (χ4v) is 2.33. The van der Waals surface area contributed by atoms with Gasteiger partial charge in [0.1, 0.15) is 4.88 Å². The summed E-state index contributed by atoms with van der Waals surface area (Å²) in [6.45, 7) is 8.22. The number of carbonyl (C=O) groups is 1. The molecule has 0 saturated heterocycles. The summed E-state index contributed by atoms with van der Waals surface area (Å²) >= 11 is 1.41. The largest absolute Gasteiger partial charge is 0.388 e. The van der Waals surface area contributed by atoms with Gasteiger partial charge in [0.05, 0.1) is 16.8 Å². The van der Waals surface area contributed by atoms with Gasteiger partial charge in [-0.25, -0.2) is 4.98 Å². The average molecular weight is 270 g/mol. The molecule has 4 nitrogen and oxygen atoms in total. The zero-order valence-electron chi connectivity index (χ0n) is 11.5. The number of hydrogen-bond acceptors (Lipinski definition) is 4. The Morgan fingerprint density at radius 2 is 2.11 bits per heavy atom. The van der Waals surface area contributed by atoms with Gasteiger partial charge in [-0.3, -0.25) is 4.79 Å². The lowest BCUT2D eigenvalue weighted by atomic mass is 9.98. The number of thiazole rings is 1. The van der Waals surface area contributed by atoms with E-state index in [-0.39, 0.29) is 12.5 Å². The minimum Gasteiger partial charge on any atom is -0.388 e. The van der Waals surface area contributed by atoms with Crippen molar-refractivity contribution in [3.63, 3.8) is 0 Å². The van der Waals surface area contributed by atoms with Gasteiger partial charge in [0.2, 0.25) is 0 Å². The van der Waals surface area contributed by atoms with E-state index >= 15 is 0 Å². The first-order valence-corrected chi connectivity index (χ1v) is 7.19. The average Bonchev–Trinajstić information content (AvgIpc) is 2.85. The third kappa shape index (κ3) is 3.78. The highest BCUT2D eigenvalue weighted by Crippen LogP contribution is 2.21. The highest BCUT2D eigenvalue weighted by Gasteiger charge is 2.23. The van der Waals surface area contributed by atoms with Gasteiger partial charge in [0, 0.05) is 12.5 Å². The van der Waals surface area contributed by atoms with Crippen LogP contribution in [0.2, 0.25) is 0 Å². The summed E-state index contributed by atoms with van der Waals surface area (Å²) in [7, 11) is 0. The van der Waals surface area contributed by atoms with Crippen LogP contribution in [-0.4, -0.2) is 28.1 Å². The molecule has 0 aliphatic rings. The van der Waals surface area contributed by atoms with E-state index in [0.29, 0.717) is 23.6 Å². The SMILES string of the molecule is CCC(O)(CC)CNC(=O)c1cnc(C(C)C)s1. The predicted molar refractivity (Wildman–Crippen MR) is 74.1 cm³/mol. The second-order valence-electron chi connectivity index (χ2n) is 4.83. The van der Waals surface area contributed by atoms with Crippen molar-refractivity contribution in [3.8, 4) is 0 Å². The van der Waals surface area contributed by atoms with Crippen LogP contribution in [0.15, 0.2) is 6.20 Å². The van der Waals surface area contributed by atoms with Crippen molar-refractivity contribution in [1.82, 2.24) is 10.3 Å². The van der Waals surface area contributed by atoms with Crippen molar-refractivity contribution in [3.05, 3.63) is 16.1 Å². The number of amides is 1. The number of rotatable bonds is 6. The Morgan fingerprint density at radius 3 is 2.56 bits per heavy atom. The molecule has 0 radical (unpaired) electrons.